The van der Waals surface area contributed by atoms with Gasteiger partial charge in [-0.1, -0.05) is 12.1 Å². The molecule has 0 heterocycles. The summed E-state index contributed by atoms with van der Waals surface area (Å²) < 4.78 is 0. The Balaban J connectivity index is 2.99. The molecule has 1 aromatic rings. The number of rotatable bonds is 14. The summed E-state index contributed by atoms with van der Waals surface area (Å²) in [5.74, 6) is -3.35. The Bertz CT molecular complexity index is 772. The number of carbonyl (C=O) groups excluding carboxylic acids is 3. The van der Waals surface area contributed by atoms with Crippen LogP contribution in [0, 0.1) is 0 Å². The van der Waals surface area contributed by atoms with Crippen LogP contribution in [-0.4, -0.2) is 76.8 Å². The number of aliphatic carboxylic acids is 1. The quantitative estimate of drug-likeness (QED) is 0.140. The zero-order valence-electron chi connectivity index (χ0n) is 17.6. The number of amides is 3. The van der Waals surface area contributed by atoms with E-state index in [1.807, 2.05) is 0 Å². The van der Waals surface area contributed by atoms with Gasteiger partial charge in [0.25, 0.3) is 0 Å². The van der Waals surface area contributed by atoms with Crippen LogP contribution in [0.3, 0.4) is 0 Å². The first-order valence-corrected chi connectivity index (χ1v) is 10.1. The highest BCUT2D eigenvalue weighted by Crippen LogP contribution is 2.12. The van der Waals surface area contributed by atoms with Gasteiger partial charge in [-0.05, 0) is 43.5 Å². The average molecular weight is 453 g/mol. The number of aromatic hydroxyl groups is 1. The summed E-state index contributed by atoms with van der Waals surface area (Å²) in [6.07, 6.45) is 1.33. The molecule has 1 aromatic carbocycles. The molecule has 0 radical (unpaired) electrons. The van der Waals surface area contributed by atoms with Crippen molar-refractivity contribution in [3.05, 3.63) is 29.8 Å². The standard InChI is InChI=1S/C20H31N5O7/c21-8-2-1-3-15(19(31)23-10-17(28)29)24-20(32)16(25-18(30)14(22)11-26)9-12-4-6-13(27)7-5-12/h4-7,14-16,26-27H,1-3,8-11,21-22H2,(H,23,31)(H,24,32)(H,25,30)(H,28,29). The Kier molecular flexibility index (Phi) is 11.7. The number of phenols is 1. The molecule has 12 nitrogen and oxygen atoms in total. The molecule has 0 aliphatic rings. The molecular weight excluding hydrogens is 422 g/mol. The smallest absolute Gasteiger partial charge is 0.322 e. The lowest BCUT2D eigenvalue weighted by Crippen LogP contribution is -2.57. The zero-order valence-corrected chi connectivity index (χ0v) is 17.6. The molecule has 3 atom stereocenters. The van der Waals surface area contributed by atoms with Crippen molar-refractivity contribution in [1.29, 1.82) is 0 Å². The minimum Gasteiger partial charge on any atom is -0.508 e. The van der Waals surface area contributed by atoms with Crippen LogP contribution in [0.25, 0.3) is 0 Å². The summed E-state index contributed by atoms with van der Waals surface area (Å²) in [4.78, 5) is 48.2. The molecular formula is C20H31N5O7. The first-order chi connectivity index (χ1) is 15.2. The molecule has 0 bridgehead atoms. The van der Waals surface area contributed by atoms with Crippen LogP contribution in [-0.2, 0) is 25.6 Å². The largest absolute Gasteiger partial charge is 0.508 e. The molecule has 0 saturated heterocycles. The summed E-state index contributed by atoms with van der Waals surface area (Å²) in [5, 5.41) is 34.5. The van der Waals surface area contributed by atoms with Gasteiger partial charge in [0.15, 0.2) is 0 Å². The number of aliphatic hydroxyl groups excluding tert-OH is 1. The van der Waals surface area contributed by atoms with E-state index in [-0.39, 0.29) is 18.6 Å². The number of aliphatic hydroxyl groups is 1. The lowest BCUT2D eigenvalue weighted by Gasteiger charge is -2.24. The fourth-order valence-corrected chi connectivity index (χ4v) is 2.76. The lowest BCUT2D eigenvalue weighted by atomic mass is 10.0. The molecule has 0 aromatic heterocycles. The molecule has 3 unspecified atom stereocenters. The first kappa shape index (κ1) is 26.8. The van der Waals surface area contributed by atoms with Gasteiger partial charge in [-0.25, -0.2) is 0 Å². The van der Waals surface area contributed by atoms with Crippen molar-refractivity contribution in [2.75, 3.05) is 19.7 Å². The summed E-state index contributed by atoms with van der Waals surface area (Å²) in [6.45, 7) is -0.851. The highest BCUT2D eigenvalue weighted by Gasteiger charge is 2.28. The molecule has 1 rings (SSSR count). The predicted molar refractivity (Wildman–Crippen MR) is 114 cm³/mol. The molecule has 10 N–H and O–H groups in total. The molecule has 3 amide bonds. The molecule has 0 aliphatic carbocycles. The monoisotopic (exact) mass is 453 g/mol. The Morgan fingerprint density at radius 2 is 1.56 bits per heavy atom. The summed E-state index contributed by atoms with van der Waals surface area (Å²) >= 11 is 0. The van der Waals surface area contributed by atoms with Crippen LogP contribution in [0.1, 0.15) is 24.8 Å². The molecule has 0 spiro atoms. The van der Waals surface area contributed by atoms with Crippen molar-refractivity contribution in [2.24, 2.45) is 11.5 Å². The van der Waals surface area contributed by atoms with Crippen LogP contribution in [0.2, 0.25) is 0 Å². The predicted octanol–water partition coefficient (Wildman–Crippen LogP) is -2.45. The second-order valence-corrected chi connectivity index (χ2v) is 7.18. The summed E-state index contributed by atoms with van der Waals surface area (Å²) in [5.41, 5.74) is 11.6. The van der Waals surface area contributed by atoms with Crippen LogP contribution in [0.15, 0.2) is 24.3 Å². The third kappa shape index (κ3) is 9.73. The molecule has 178 valence electrons. The molecule has 12 heteroatoms. The van der Waals surface area contributed by atoms with Crippen LogP contribution in [0.5, 0.6) is 5.75 Å². The SMILES string of the molecule is NCCCCC(NC(=O)C(Cc1ccc(O)cc1)NC(=O)C(N)CO)C(=O)NCC(=O)O. The van der Waals surface area contributed by atoms with E-state index in [1.165, 1.54) is 12.1 Å². The van der Waals surface area contributed by atoms with Gasteiger partial charge in [-0.2, -0.15) is 0 Å². The number of carboxylic acid groups (broad SMARTS) is 1. The van der Waals surface area contributed by atoms with Crippen LogP contribution >= 0.6 is 0 Å². The molecule has 32 heavy (non-hydrogen) atoms. The number of unbranched alkanes of at least 4 members (excludes halogenated alkanes) is 1. The van der Waals surface area contributed by atoms with Gasteiger partial charge >= 0.3 is 5.97 Å². The Morgan fingerprint density at radius 1 is 0.938 bits per heavy atom. The van der Waals surface area contributed by atoms with E-state index in [4.69, 9.17) is 21.7 Å². The van der Waals surface area contributed by atoms with E-state index >= 15 is 0 Å². The van der Waals surface area contributed by atoms with Gasteiger partial charge in [-0.3, -0.25) is 19.2 Å². The number of nitrogens with two attached hydrogens (primary N) is 2. The van der Waals surface area contributed by atoms with E-state index in [2.05, 4.69) is 16.0 Å². The average Bonchev–Trinajstić information content (AvgIpc) is 2.76. The third-order valence-corrected chi connectivity index (χ3v) is 4.54. The fraction of sp³-hybridized carbons (Fsp3) is 0.500. The zero-order chi connectivity index (χ0) is 24.1. The number of carboxylic acids is 1. The minimum absolute atomic E-state index is 0.0161. The molecule has 0 saturated carbocycles. The van der Waals surface area contributed by atoms with Gasteiger partial charge in [0, 0.05) is 6.42 Å². The maximum absolute atomic E-state index is 12.9. The van der Waals surface area contributed by atoms with Gasteiger partial charge in [0.05, 0.1) is 6.61 Å². The highest BCUT2D eigenvalue weighted by atomic mass is 16.4. The van der Waals surface area contributed by atoms with E-state index in [1.54, 1.807) is 12.1 Å². The van der Waals surface area contributed by atoms with Crippen molar-refractivity contribution < 1.29 is 34.5 Å². The summed E-state index contributed by atoms with van der Waals surface area (Å²) in [7, 11) is 0. The number of hydrogen-bond acceptors (Lipinski definition) is 8. The third-order valence-electron chi connectivity index (χ3n) is 4.54. The first-order valence-electron chi connectivity index (χ1n) is 10.1. The second kappa shape index (κ2) is 14.0. The fourth-order valence-electron chi connectivity index (χ4n) is 2.76. The lowest BCUT2D eigenvalue weighted by molar-refractivity contribution is -0.138. The van der Waals surface area contributed by atoms with E-state index in [9.17, 15) is 24.3 Å². The van der Waals surface area contributed by atoms with E-state index in [0.29, 0.717) is 24.9 Å². The van der Waals surface area contributed by atoms with Crippen molar-refractivity contribution in [1.82, 2.24) is 16.0 Å². The van der Waals surface area contributed by atoms with Crippen LogP contribution < -0.4 is 27.4 Å². The van der Waals surface area contributed by atoms with Gasteiger partial charge in [0.2, 0.25) is 17.7 Å². The molecule has 0 fully saturated rings. The Labute approximate surface area is 185 Å². The van der Waals surface area contributed by atoms with E-state index < -0.39 is 55.0 Å². The van der Waals surface area contributed by atoms with Gasteiger partial charge < -0.3 is 42.7 Å². The van der Waals surface area contributed by atoms with Crippen molar-refractivity contribution in [3.63, 3.8) is 0 Å². The van der Waals surface area contributed by atoms with Gasteiger partial charge in [-0.15, -0.1) is 0 Å². The van der Waals surface area contributed by atoms with Gasteiger partial charge in [0.1, 0.15) is 30.4 Å². The highest BCUT2D eigenvalue weighted by molar-refractivity contribution is 5.93. The van der Waals surface area contributed by atoms with E-state index in [0.717, 1.165) is 0 Å². The van der Waals surface area contributed by atoms with Crippen LogP contribution in [0.4, 0.5) is 0 Å². The topological polar surface area (TPSA) is 217 Å². The Morgan fingerprint density at radius 3 is 2.12 bits per heavy atom. The number of hydrogen-bond donors (Lipinski definition) is 8. The number of benzene rings is 1. The maximum Gasteiger partial charge on any atom is 0.322 e. The Hall–Kier alpha value is -3.22. The summed E-state index contributed by atoms with van der Waals surface area (Å²) in [6, 6.07) is 2.52. The molecule has 0 aliphatic heterocycles. The van der Waals surface area contributed by atoms with Crippen molar-refractivity contribution >= 4 is 23.7 Å². The normalized spacial score (nSPS) is 13.5. The minimum atomic E-state index is -1.25. The number of carbonyl (C=O) groups is 4. The van der Waals surface area contributed by atoms with Crippen molar-refractivity contribution in [3.8, 4) is 5.75 Å². The number of nitrogens with one attached hydrogen (secondary N) is 3. The maximum atomic E-state index is 12.9. The second-order valence-electron chi connectivity index (χ2n) is 7.18. The number of phenolic OH excluding ortho intramolecular Hbond substituents is 1. The van der Waals surface area contributed by atoms with Crippen molar-refractivity contribution in [2.45, 2.75) is 43.8 Å².